The second-order valence-electron chi connectivity index (χ2n) is 2.60. The maximum absolute atomic E-state index is 11.3. The van der Waals surface area contributed by atoms with Gasteiger partial charge in [0, 0.05) is 30.2 Å². The first-order chi connectivity index (χ1) is 6.81. The summed E-state index contributed by atoms with van der Waals surface area (Å²) in [6.07, 6.45) is 1.76. The van der Waals surface area contributed by atoms with Crippen LogP contribution in [0.2, 0.25) is 0 Å². The van der Waals surface area contributed by atoms with E-state index >= 15 is 0 Å². The fourth-order valence-corrected chi connectivity index (χ4v) is 2.18. The molecule has 0 aliphatic heterocycles. The summed E-state index contributed by atoms with van der Waals surface area (Å²) < 4.78 is 5.43. The van der Waals surface area contributed by atoms with Crippen LogP contribution in [0.4, 0.5) is 5.00 Å². The second-order valence-corrected chi connectivity index (χ2v) is 4.21. The van der Waals surface area contributed by atoms with Crippen molar-refractivity contribution >= 4 is 27.9 Å². The fourth-order valence-electron chi connectivity index (χ4n) is 1.07. The van der Waals surface area contributed by atoms with E-state index in [0.717, 1.165) is 10.7 Å². The van der Waals surface area contributed by atoms with Gasteiger partial charge in [-0.25, -0.2) is 0 Å². The van der Waals surface area contributed by atoms with Gasteiger partial charge in [0.2, 0.25) is 0 Å². The van der Waals surface area contributed by atoms with Crippen molar-refractivity contribution in [3.8, 4) is 0 Å². The SMILES string of the molecule is CNc1snnc1Cn1ccsc1=O. The van der Waals surface area contributed by atoms with Crippen LogP contribution >= 0.6 is 22.9 Å². The van der Waals surface area contributed by atoms with Gasteiger partial charge in [0.15, 0.2) is 0 Å². The van der Waals surface area contributed by atoms with Crippen molar-refractivity contribution in [3.63, 3.8) is 0 Å². The highest BCUT2D eigenvalue weighted by Crippen LogP contribution is 2.16. The van der Waals surface area contributed by atoms with Gasteiger partial charge in [0.05, 0.1) is 6.54 Å². The van der Waals surface area contributed by atoms with E-state index in [4.69, 9.17) is 0 Å². The molecule has 7 heteroatoms. The van der Waals surface area contributed by atoms with Crippen LogP contribution in [0.15, 0.2) is 16.4 Å². The number of anilines is 1. The van der Waals surface area contributed by atoms with Crippen molar-refractivity contribution < 1.29 is 0 Å². The van der Waals surface area contributed by atoms with Crippen molar-refractivity contribution in [3.05, 3.63) is 26.9 Å². The number of thiazole rings is 1. The van der Waals surface area contributed by atoms with Crippen LogP contribution in [0.3, 0.4) is 0 Å². The summed E-state index contributed by atoms with van der Waals surface area (Å²) in [6, 6.07) is 0. The lowest BCUT2D eigenvalue weighted by Crippen LogP contribution is -2.13. The summed E-state index contributed by atoms with van der Waals surface area (Å²) in [6.45, 7) is 0.481. The molecule has 0 amide bonds. The standard InChI is InChI=1S/C7H8N4OS2/c1-8-6-5(9-10-14-6)4-11-2-3-13-7(11)12/h2-3,8H,4H2,1H3. The highest BCUT2D eigenvalue weighted by atomic mass is 32.1. The zero-order valence-electron chi connectivity index (χ0n) is 7.43. The van der Waals surface area contributed by atoms with E-state index in [1.807, 2.05) is 7.05 Å². The molecule has 2 rings (SSSR count). The van der Waals surface area contributed by atoms with Gasteiger partial charge in [-0.3, -0.25) is 9.36 Å². The molecule has 2 aromatic rings. The third kappa shape index (κ3) is 1.68. The Hall–Kier alpha value is -1.21. The Morgan fingerprint density at radius 3 is 3.14 bits per heavy atom. The van der Waals surface area contributed by atoms with E-state index in [9.17, 15) is 4.79 Å². The lowest BCUT2D eigenvalue weighted by molar-refractivity contribution is 0.757. The molecule has 1 N–H and O–H groups in total. The fraction of sp³-hybridized carbons (Fsp3) is 0.286. The highest BCUT2D eigenvalue weighted by molar-refractivity contribution is 7.10. The molecule has 2 heterocycles. The molecule has 74 valence electrons. The van der Waals surface area contributed by atoms with Crippen LogP contribution in [0.1, 0.15) is 5.69 Å². The quantitative estimate of drug-likeness (QED) is 0.846. The molecule has 5 nitrogen and oxygen atoms in total. The molecule has 0 spiro atoms. The molecule has 2 aromatic heterocycles. The zero-order valence-corrected chi connectivity index (χ0v) is 9.06. The monoisotopic (exact) mass is 228 g/mol. The lowest BCUT2D eigenvalue weighted by atomic mass is 10.4. The Balaban J connectivity index is 2.27. The Morgan fingerprint density at radius 2 is 2.50 bits per heavy atom. The summed E-state index contributed by atoms with van der Waals surface area (Å²) in [5.74, 6) is 0. The van der Waals surface area contributed by atoms with Crippen molar-refractivity contribution in [1.29, 1.82) is 0 Å². The summed E-state index contributed by atoms with van der Waals surface area (Å²) in [4.78, 5) is 11.3. The second kappa shape index (κ2) is 3.89. The number of hydrogen-bond acceptors (Lipinski definition) is 6. The number of nitrogens with zero attached hydrogens (tertiary/aromatic N) is 3. The molecule has 0 unspecified atom stereocenters. The number of nitrogens with one attached hydrogen (secondary N) is 1. The van der Waals surface area contributed by atoms with Crippen molar-refractivity contribution in [2.45, 2.75) is 6.54 Å². The summed E-state index contributed by atoms with van der Waals surface area (Å²) in [7, 11) is 1.81. The van der Waals surface area contributed by atoms with Gasteiger partial charge in [0.25, 0.3) is 0 Å². The van der Waals surface area contributed by atoms with Crippen LogP contribution in [-0.4, -0.2) is 21.2 Å². The molecule has 0 fully saturated rings. The third-order valence-electron chi connectivity index (χ3n) is 1.75. The van der Waals surface area contributed by atoms with Crippen molar-refractivity contribution in [2.24, 2.45) is 0 Å². The van der Waals surface area contributed by atoms with E-state index in [0.29, 0.717) is 6.54 Å². The topological polar surface area (TPSA) is 59.8 Å². The van der Waals surface area contributed by atoms with Gasteiger partial charge in [0.1, 0.15) is 10.7 Å². The highest BCUT2D eigenvalue weighted by Gasteiger charge is 2.07. The first kappa shape index (κ1) is 9.35. The molecule has 0 aromatic carbocycles. The molecular formula is C7H8N4OS2. The molecule has 0 saturated carbocycles. The van der Waals surface area contributed by atoms with Crippen LogP contribution < -0.4 is 10.2 Å². The van der Waals surface area contributed by atoms with Gasteiger partial charge < -0.3 is 5.32 Å². The van der Waals surface area contributed by atoms with Crippen LogP contribution in [0.25, 0.3) is 0 Å². The summed E-state index contributed by atoms with van der Waals surface area (Å²) in [5.41, 5.74) is 0.804. The number of rotatable bonds is 3. The molecule has 0 aliphatic rings. The minimum atomic E-state index is 0.0278. The van der Waals surface area contributed by atoms with E-state index < -0.39 is 0 Å². The van der Waals surface area contributed by atoms with Gasteiger partial charge in [-0.1, -0.05) is 15.8 Å². The molecule has 0 radical (unpaired) electrons. The van der Waals surface area contributed by atoms with E-state index in [1.165, 1.54) is 22.9 Å². The van der Waals surface area contributed by atoms with Crippen LogP contribution in [0.5, 0.6) is 0 Å². The molecular weight excluding hydrogens is 220 g/mol. The smallest absolute Gasteiger partial charge is 0.307 e. The first-order valence-electron chi connectivity index (χ1n) is 3.94. The van der Waals surface area contributed by atoms with E-state index in [-0.39, 0.29) is 4.87 Å². The normalized spacial score (nSPS) is 10.4. The van der Waals surface area contributed by atoms with Gasteiger partial charge in [-0.05, 0) is 0 Å². The van der Waals surface area contributed by atoms with Gasteiger partial charge >= 0.3 is 4.87 Å². The maximum Gasteiger partial charge on any atom is 0.307 e. The first-order valence-corrected chi connectivity index (χ1v) is 5.59. The third-order valence-corrected chi connectivity index (χ3v) is 3.23. The number of aromatic nitrogens is 3. The summed E-state index contributed by atoms with van der Waals surface area (Å²) >= 11 is 2.47. The van der Waals surface area contributed by atoms with Crippen LogP contribution in [-0.2, 0) is 6.54 Å². The number of hydrogen-bond donors (Lipinski definition) is 1. The van der Waals surface area contributed by atoms with E-state index in [2.05, 4.69) is 14.9 Å². The van der Waals surface area contributed by atoms with Gasteiger partial charge in [-0.15, -0.1) is 5.10 Å². The minimum Gasteiger partial charge on any atom is -0.377 e. The zero-order chi connectivity index (χ0) is 9.97. The lowest BCUT2D eigenvalue weighted by Gasteiger charge is -1.99. The molecule has 0 saturated heterocycles. The molecule has 0 atom stereocenters. The summed E-state index contributed by atoms with van der Waals surface area (Å²) in [5, 5.41) is 9.61. The predicted molar refractivity (Wildman–Crippen MR) is 57.1 cm³/mol. The largest absolute Gasteiger partial charge is 0.377 e. The average molecular weight is 228 g/mol. The Kier molecular flexibility index (Phi) is 2.60. The average Bonchev–Trinajstić information content (AvgIpc) is 2.77. The van der Waals surface area contributed by atoms with Gasteiger partial charge in [-0.2, -0.15) is 0 Å². The molecule has 14 heavy (non-hydrogen) atoms. The maximum atomic E-state index is 11.3. The van der Waals surface area contributed by atoms with E-state index in [1.54, 1.807) is 16.1 Å². The molecule has 0 aliphatic carbocycles. The Morgan fingerprint density at radius 1 is 1.64 bits per heavy atom. The van der Waals surface area contributed by atoms with Crippen LogP contribution in [0, 0.1) is 0 Å². The van der Waals surface area contributed by atoms with Crippen molar-refractivity contribution in [1.82, 2.24) is 14.2 Å². The predicted octanol–water partition coefficient (Wildman–Crippen LogP) is 0.851. The van der Waals surface area contributed by atoms with Crippen molar-refractivity contribution in [2.75, 3.05) is 12.4 Å². The molecule has 0 bridgehead atoms. The minimum absolute atomic E-state index is 0.0278. The Bertz CT molecular complexity index is 472. The Labute approximate surface area is 88.2 Å².